The van der Waals surface area contributed by atoms with Crippen LogP contribution in [0.4, 0.5) is 0 Å². The highest BCUT2D eigenvalue weighted by molar-refractivity contribution is 7.99. The van der Waals surface area contributed by atoms with E-state index in [-0.39, 0.29) is 5.25 Å². The lowest BCUT2D eigenvalue weighted by Crippen LogP contribution is -2.04. The van der Waals surface area contributed by atoms with Crippen molar-refractivity contribution in [1.82, 2.24) is 24.9 Å². The molecule has 1 unspecified atom stereocenters. The molecule has 1 aromatic carbocycles. The normalized spacial score (nSPS) is 12.3. The topological polar surface area (TPSA) is 82.8 Å². The highest BCUT2D eigenvalue weighted by Gasteiger charge is 2.22. The second kappa shape index (κ2) is 8.70. The molecular weight excluding hydrogens is 454 g/mol. The summed E-state index contributed by atoms with van der Waals surface area (Å²) in [7, 11) is 0. The van der Waals surface area contributed by atoms with Gasteiger partial charge in [0.1, 0.15) is 5.76 Å². The van der Waals surface area contributed by atoms with Gasteiger partial charge in [-0.2, -0.15) is 4.98 Å². The summed E-state index contributed by atoms with van der Waals surface area (Å²) in [5, 5.41) is 16.2. The van der Waals surface area contributed by atoms with E-state index in [2.05, 4.69) is 20.3 Å². The average Bonchev–Trinajstić information content (AvgIpc) is 3.57. The fourth-order valence-corrected chi connectivity index (χ4v) is 4.66. The molecule has 5 aromatic rings. The summed E-state index contributed by atoms with van der Waals surface area (Å²) >= 11 is 9.13. The first-order valence-corrected chi connectivity index (χ1v) is 11.6. The van der Waals surface area contributed by atoms with Gasteiger partial charge in [0.05, 0.1) is 22.9 Å². The Morgan fingerprint density at radius 3 is 2.74 bits per heavy atom. The maximum Gasteiger partial charge on any atom is 0.240 e. The van der Waals surface area contributed by atoms with Crippen molar-refractivity contribution in [1.29, 1.82) is 0 Å². The Kier molecular flexibility index (Phi) is 5.63. The molecule has 156 valence electrons. The van der Waals surface area contributed by atoms with E-state index in [1.54, 1.807) is 17.6 Å². The lowest BCUT2D eigenvalue weighted by molar-refractivity contribution is 0.380. The zero-order valence-corrected chi connectivity index (χ0v) is 18.7. The molecule has 10 heteroatoms. The Morgan fingerprint density at radius 2 is 2.00 bits per heavy atom. The number of furan rings is 1. The predicted octanol–water partition coefficient (Wildman–Crippen LogP) is 6.20. The van der Waals surface area contributed by atoms with Crippen LogP contribution in [-0.4, -0.2) is 24.9 Å². The number of thiophene rings is 1. The smallest absolute Gasteiger partial charge is 0.240 e. The Morgan fingerprint density at radius 1 is 1.13 bits per heavy atom. The maximum absolute atomic E-state index is 6.05. The number of benzene rings is 1. The molecule has 0 saturated carbocycles. The molecule has 0 fully saturated rings. The molecule has 4 aromatic heterocycles. The lowest BCUT2D eigenvalue weighted by Gasteiger charge is -2.10. The molecule has 1 atom stereocenters. The Labute approximate surface area is 191 Å². The number of halogens is 1. The number of rotatable bonds is 7. The second-order valence-electron chi connectivity index (χ2n) is 6.67. The van der Waals surface area contributed by atoms with Crippen molar-refractivity contribution in [3.8, 4) is 22.1 Å². The number of hydrogen-bond donors (Lipinski definition) is 0. The number of aromatic nitrogens is 5. The molecule has 0 N–H and O–H groups in total. The predicted molar refractivity (Wildman–Crippen MR) is 120 cm³/mol. The van der Waals surface area contributed by atoms with E-state index >= 15 is 0 Å². The third kappa shape index (κ3) is 4.30. The third-order valence-corrected chi connectivity index (χ3v) is 6.71. The fourth-order valence-electron chi connectivity index (χ4n) is 3.00. The van der Waals surface area contributed by atoms with Gasteiger partial charge in [-0.1, -0.05) is 34.6 Å². The van der Waals surface area contributed by atoms with Gasteiger partial charge < -0.3 is 8.94 Å². The second-order valence-corrected chi connectivity index (χ2v) is 9.36. The molecule has 5 rings (SSSR count). The third-order valence-electron chi connectivity index (χ3n) is 4.53. The Balaban J connectivity index is 1.45. The number of hydrogen-bond acceptors (Lipinski definition) is 8. The van der Waals surface area contributed by atoms with Crippen LogP contribution in [-0.2, 0) is 6.54 Å². The van der Waals surface area contributed by atoms with E-state index in [0.29, 0.717) is 23.3 Å². The number of thioether (sulfide) groups is 1. The molecule has 0 aliphatic rings. The minimum Gasteiger partial charge on any atom is -0.467 e. The molecule has 0 spiro atoms. The minimum absolute atomic E-state index is 0.112. The van der Waals surface area contributed by atoms with Crippen LogP contribution in [0.25, 0.3) is 22.1 Å². The Bertz CT molecular complexity index is 1260. The summed E-state index contributed by atoms with van der Waals surface area (Å²) in [4.78, 5) is 5.52. The maximum atomic E-state index is 6.05. The van der Waals surface area contributed by atoms with Crippen molar-refractivity contribution < 1.29 is 8.94 Å². The zero-order chi connectivity index (χ0) is 21.2. The van der Waals surface area contributed by atoms with Crippen molar-refractivity contribution in [3.05, 3.63) is 76.8 Å². The van der Waals surface area contributed by atoms with Gasteiger partial charge in [-0.25, -0.2) is 0 Å². The molecule has 31 heavy (non-hydrogen) atoms. The van der Waals surface area contributed by atoms with Crippen LogP contribution in [0.2, 0.25) is 5.02 Å². The van der Waals surface area contributed by atoms with Crippen LogP contribution >= 0.6 is 34.7 Å². The van der Waals surface area contributed by atoms with Crippen LogP contribution < -0.4 is 0 Å². The van der Waals surface area contributed by atoms with E-state index in [0.717, 1.165) is 27.2 Å². The first-order chi connectivity index (χ1) is 15.2. The summed E-state index contributed by atoms with van der Waals surface area (Å²) in [5.41, 5.74) is 0.917. The molecule has 0 radical (unpaired) electrons. The van der Waals surface area contributed by atoms with E-state index in [1.807, 2.05) is 65.4 Å². The van der Waals surface area contributed by atoms with Crippen LogP contribution in [0.1, 0.15) is 23.8 Å². The molecule has 0 amide bonds. The molecule has 4 heterocycles. The van der Waals surface area contributed by atoms with Crippen molar-refractivity contribution >= 4 is 34.7 Å². The summed E-state index contributed by atoms with van der Waals surface area (Å²) in [6.07, 6.45) is 1.65. The van der Waals surface area contributed by atoms with Crippen molar-refractivity contribution in [3.63, 3.8) is 0 Å². The van der Waals surface area contributed by atoms with Crippen LogP contribution in [0.15, 0.2) is 74.3 Å². The highest BCUT2D eigenvalue weighted by atomic mass is 35.5. The van der Waals surface area contributed by atoms with Crippen LogP contribution in [0.3, 0.4) is 0 Å². The molecule has 7 nitrogen and oxygen atoms in total. The zero-order valence-electron chi connectivity index (χ0n) is 16.3. The van der Waals surface area contributed by atoms with Gasteiger partial charge in [0.2, 0.25) is 11.7 Å². The molecule has 0 aliphatic carbocycles. The molecular formula is C21H16ClN5O2S2. The van der Waals surface area contributed by atoms with Crippen LogP contribution in [0.5, 0.6) is 0 Å². The van der Waals surface area contributed by atoms with Crippen molar-refractivity contribution in [2.45, 2.75) is 23.9 Å². The first kappa shape index (κ1) is 20.0. The standard InChI is InChI=1S/C21H16ClN5O2S2/c1-13(20-23-18(26-29-20)17-5-3-11-30-17)31-21-25-24-19(14-6-8-15(22)9-7-14)27(21)12-16-4-2-10-28-16/h2-11,13H,12H2,1H3. The van der Waals surface area contributed by atoms with Gasteiger partial charge in [0, 0.05) is 10.6 Å². The summed E-state index contributed by atoms with van der Waals surface area (Å²) in [6.45, 7) is 2.50. The van der Waals surface area contributed by atoms with Gasteiger partial charge in [0.25, 0.3) is 0 Å². The van der Waals surface area contributed by atoms with E-state index in [9.17, 15) is 0 Å². The van der Waals surface area contributed by atoms with Crippen molar-refractivity contribution in [2.75, 3.05) is 0 Å². The highest BCUT2D eigenvalue weighted by Crippen LogP contribution is 2.36. The van der Waals surface area contributed by atoms with Crippen molar-refractivity contribution in [2.24, 2.45) is 0 Å². The largest absolute Gasteiger partial charge is 0.467 e. The molecule has 0 bridgehead atoms. The summed E-state index contributed by atoms with van der Waals surface area (Å²) in [6, 6.07) is 15.2. The quantitative estimate of drug-likeness (QED) is 0.262. The minimum atomic E-state index is -0.112. The summed E-state index contributed by atoms with van der Waals surface area (Å²) in [5.74, 6) is 2.67. The van der Waals surface area contributed by atoms with Gasteiger partial charge in [0.15, 0.2) is 11.0 Å². The fraction of sp³-hybridized carbons (Fsp3) is 0.143. The van der Waals surface area contributed by atoms with Gasteiger partial charge in [-0.05, 0) is 54.8 Å². The SMILES string of the molecule is CC(Sc1nnc(-c2ccc(Cl)cc2)n1Cc1ccco1)c1nc(-c2cccs2)no1. The van der Waals surface area contributed by atoms with E-state index < -0.39 is 0 Å². The number of nitrogens with zero attached hydrogens (tertiary/aromatic N) is 5. The molecule has 0 aliphatic heterocycles. The van der Waals surface area contributed by atoms with E-state index in [1.165, 1.54) is 11.8 Å². The van der Waals surface area contributed by atoms with Gasteiger partial charge in [-0.15, -0.1) is 21.5 Å². The molecule has 0 saturated heterocycles. The lowest BCUT2D eigenvalue weighted by atomic mass is 10.2. The Hall–Kier alpha value is -2.88. The monoisotopic (exact) mass is 469 g/mol. The average molecular weight is 470 g/mol. The van der Waals surface area contributed by atoms with Gasteiger partial charge >= 0.3 is 0 Å². The van der Waals surface area contributed by atoms with E-state index in [4.69, 9.17) is 20.5 Å². The summed E-state index contributed by atoms with van der Waals surface area (Å²) < 4.78 is 13.1. The van der Waals surface area contributed by atoms with Crippen LogP contribution in [0, 0.1) is 0 Å². The van der Waals surface area contributed by atoms with Gasteiger partial charge in [-0.3, -0.25) is 4.57 Å². The first-order valence-electron chi connectivity index (χ1n) is 9.43.